The van der Waals surface area contributed by atoms with Gasteiger partial charge in [0.2, 0.25) is 0 Å². The molecule has 0 atom stereocenters. The predicted molar refractivity (Wildman–Crippen MR) is 58.7 cm³/mol. The summed E-state index contributed by atoms with van der Waals surface area (Å²) in [6.45, 7) is -0.0298. The summed E-state index contributed by atoms with van der Waals surface area (Å²) in [5.41, 5.74) is -0.00472. The third-order valence-corrected chi connectivity index (χ3v) is 2.71. The lowest BCUT2D eigenvalue weighted by molar-refractivity contribution is 0.194. The van der Waals surface area contributed by atoms with E-state index in [1.165, 1.54) is 11.8 Å². The number of carbonyl (C=O) groups is 1. The molecule has 0 aliphatic rings. The summed E-state index contributed by atoms with van der Waals surface area (Å²) in [5, 5.41) is 10.8. The molecule has 82 valence electrons. The minimum atomic E-state index is -1.17. The van der Waals surface area contributed by atoms with Gasteiger partial charge in [0.15, 0.2) is 0 Å². The minimum absolute atomic E-state index is 0.0298. The lowest BCUT2D eigenvalue weighted by atomic mass is 10.3. The molecule has 0 spiro atoms. The van der Waals surface area contributed by atoms with E-state index in [2.05, 4.69) is 10.3 Å². The van der Waals surface area contributed by atoms with Crippen molar-refractivity contribution in [2.45, 2.75) is 11.4 Å². The highest BCUT2D eigenvalue weighted by Gasteiger charge is 2.09. The number of hydrogen-bond donors (Lipinski definition) is 3. The fraction of sp³-hybridized carbons (Fsp3) is 0.250. The van der Waals surface area contributed by atoms with Crippen LogP contribution in [0.25, 0.3) is 0 Å². The van der Waals surface area contributed by atoms with Gasteiger partial charge in [0.05, 0.1) is 12.1 Å². The second-order valence-electron chi connectivity index (χ2n) is 2.65. The zero-order valence-electron chi connectivity index (χ0n) is 7.83. The molecule has 7 heteroatoms. The molecule has 0 aliphatic carbocycles. The quantitative estimate of drug-likeness (QED) is 0.560. The van der Waals surface area contributed by atoms with Crippen molar-refractivity contribution in [1.29, 1.82) is 0 Å². The van der Waals surface area contributed by atoms with Crippen molar-refractivity contribution in [3.8, 4) is 0 Å². The van der Waals surface area contributed by atoms with Gasteiger partial charge in [0.25, 0.3) is 5.56 Å². The van der Waals surface area contributed by atoms with Crippen LogP contribution in [0.3, 0.4) is 0 Å². The highest BCUT2D eigenvalue weighted by atomic mass is 35.5. The van der Waals surface area contributed by atoms with E-state index in [0.29, 0.717) is 10.5 Å². The molecule has 15 heavy (non-hydrogen) atoms. The van der Waals surface area contributed by atoms with Crippen LogP contribution in [0.5, 0.6) is 0 Å². The van der Waals surface area contributed by atoms with Gasteiger partial charge in [-0.25, -0.2) is 4.79 Å². The van der Waals surface area contributed by atoms with E-state index in [4.69, 9.17) is 16.7 Å². The van der Waals surface area contributed by atoms with Crippen molar-refractivity contribution in [2.75, 3.05) is 6.26 Å². The molecule has 1 aromatic rings. The maximum Gasteiger partial charge on any atom is 0.404 e. The average Bonchev–Trinajstić information content (AvgIpc) is 2.14. The summed E-state index contributed by atoms with van der Waals surface area (Å²) < 4.78 is 0. The number of halogens is 1. The van der Waals surface area contributed by atoms with Crippen LogP contribution >= 0.6 is 23.4 Å². The molecule has 0 saturated carbocycles. The Balaban J connectivity index is 3.04. The third kappa shape index (κ3) is 3.17. The SMILES string of the molecule is CSc1cc(Cl)[nH]c(=O)c1CNC(=O)O. The van der Waals surface area contributed by atoms with E-state index in [1.807, 2.05) is 0 Å². The Morgan fingerprint density at radius 1 is 1.73 bits per heavy atom. The van der Waals surface area contributed by atoms with Gasteiger partial charge in [0.1, 0.15) is 5.15 Å². The van der Waals surface area contributed by atoms with Crippen molar-refractivity contribution in [3.63, 3.8) is 0 Å². The van der Waals surface area contributed by atoms with Gasteiger partial charge < -0.3 is 15.4 Å². The maximum absolute atomic E-state index is 11.4. The van der Waals surface area contributed by atoms with Crippen LogP contribution in [0.2, 0.25) is 5.15 Å². The first kappa shape index (κ1) is 11.9. The number of carboxylic acid groups (broad SMARTS) is 1. The summed E-state index contributed by atoms with van der Waals surface area (Å²) in [6.07, 6.45) is 0.617. The Bertz CT molecular complexity index is 432. The van der Waals surface area contributed by atoms with Crippen LogP contribution in [-0.4, -0.2) is 22.4 Å². The van der Waals surface area contributed by atoms with Crippen molar-refractivity contribution in [3.05, 3.63) is 27.1 Å². The van der Waals surface area contributed by atoms with Gasteiger partial charge in [0, 0.05) is 4.90 Å². The smallest absolute Gasteiger partial charge is 0.404 e. The summed E-state index contributed by atoms with van der Waals surface area (Å²) in [5.74, 6) is 0. The maximum atomic E-state index is 11.4. The first-order valence-electron chi connectivity index (χ1n) is 3.97. The van der Waals surface area contributed by atoms with E-state index >= 15 is 0 Å². The molecule has 0 unspecified atom stereocenters. The molecule has 1 heterocycles. The molecule has 0 radical (unpaired) electrons. The predicted octanol–water partition coefficient (Wildman–Crippen LogP) is 1.52. The molecule has 1 rings (SSSR count). The van der Waals surface area contributed by atoms with Gasteiger partial charge >= 0.3 is 6.09 Å². The molecule has 1 aromatic heterocycles. The third-order valence-electron chi connectivity index (χ3n) is 1.70. The number of amides is 1. The number of H-pyrrole nitrogens is 1. The van der Waals surface area contributed by atoms with Crippen molar-refractivity contribution >= 4 is 29.5 Å². The number of hydrogen-bond acceptors (Lipinski definition) is 3. The van der Waals surface area contributed by atoms with Crippen LogP contribution in [0.15, 0.2) is 15.8 Å². The highest BCUT2D eigenvalue weighted by molar-refractivity contribution is 7.98. The molecule has 5 nitrogen and oxygen atoms in total. The van der Waals surface area contributed by atoms with Crippen LogP contribution in [0.4, 0.5) is 4.79 Å². The van der Waals surface area contributed by atoms with E-state index in [-0.39, 0.29) is 17.3 Å². The fourth-order valence-corrected chi connectivity index (χ4v) is 1.95. The second kappa shape index (κ2) is 5.09. The number of thioether (sulfide) groups is 1. The first-order chi connectivity index (χ1) is 7.04. The Hall–Kier alpha value is -1.14. The van der Waals surface area contributed by atoms with E-state index in [9.17, 15) is 9.59 Å². The van der Waals surface area contributed by atoms with Gasteiger partial charge in [-0.1, -0.05) is 11.6 Å². The zero-order chi connectivity index (χ0) is 11.4. The average molecular weight is 249 g/mol. The van der Waals surface area contributed by atoms with Crippen molar-refractivity contribution in [1.82, 2.24) is 10.3 Å². The van der Waals surface area contributed by atoms with Crippen molar-refractivity contribution < 1.29 is 9.90 Å². The first-order valence-corrected chi connectivity index (χ1v) is 5.57. The Morgan fingerprint density at radius 2 is 2.40 bits per heavy atom. The van der Waals surface area contributed by atoms with E-state index in [0.717, 1.165) is 0 Å². The fourth-order valence-electron chi connectivity index (χ4n) is 1.05. The Kier molecular flexibility index (Phi) is 4.05. The molecule has 3 N–H and O–H groups in total. The minimum Gasteiger partial charge on any atom is -0.465 e. The van der Waals surface area contributed by atoms with Gasteiger partial charge in [-0.05, 0) is 12.3 Å². The molecule has 1 amide bonds. The number of rotatable bonds is 3. The van der Waals surface area contributed by atoms with Crippen LogP contribution in [0.1, 0.15) is 5.56 Å². The van der Waals surface area contributed by atoms with Gasteiger partial charge in [-0.3, -0.25) is 4.79 Å². The summed E-state index contributed by atoms with van der Waals surface area (Å²) >= 11 is 7.00. The molecule has 0 fully saturated rings. The lowest BCUT2D eigenvalue weighted by Gasteiger charge is -2.06. The molecule has 0 bridgehead atoms. The number of nitrogens with one attached hydrogen (secondary N) is 2. The van der Waals surface area contributed by atoms with Crippen LogP contribution < -0.4 is 10.9 Å². The topological polar surface area (TPSA) is 82.2 Å². The number of pyridine rings is 1. The number of aromatic nitrogens is 1. The standard InChI is InChI=1S/C8H9ClN2O3S/c1-15-5-2-6(9)11-7(12)4(5)3-10-8(13)14/h2,10H,3H2,1H3,(H,11,12)(H,13,14). The van der Waals surface area contributed by atoms with E-state index in [1.54, 1.807) is 12.3 Å². The van der Waals surface area contributed by atoms with Gasteiger partial charge in [-0.2, -0.15) is 0 Å². The molecular formula is C8H9ClN2O3S. The normalized spacial score (nSPS) is 10.0. The summed E-state index contributed by atoms with van der Waals surface area (Å²) in [7, 11) is 0. The monoisotopic (exact) mass is 248 g/mol. The largest absolute Gasteiger partial charge is 0.465 e. The molecule has 0 aliphatic heterocycles. The summed E-state index contributed by atoms with van der Waals surface area (Å²) in [4.78, 5) is 24.8. The van der Waals surface area contributed by atoms with Crippen LogP contribution in [-0.2, 0) is 6.54 Å². The Labute approximate surface area is 94.8 Å². The molecule has 0 saturated heterocycles. The molecule has 0 aromatic carbocycles. The van der Waals surface area contributed by atoms with Gasteiger partial charge in [-0.15, -0.1) is 11.8 Å². The lowest BCUT2D eigenvalue weighted by Crippen LogP contribution is -2.25. The summed E-state index contributed by atoms with van der Waals surface area (Å²) in [6, 6.07) is 1.59. The Morgan fingerprint density at radius 3 is 2.93 bits per heavy atom. The number of aromatic amines is 1. The van der Waals surface area contributed by atoms with E-state index < -0.39 is 6.09 Å². The van der Waals surface area contributed by atoms with Crippen molar-refractivity contribution in [2.24, 2.45) is 0 Å². The second-order valence-corrected chi connectivity index (χ2v) is 3.91. The molecular weight excluding hydrogens is 240 g/mol. The highest BCUT2D eigenvalue weighted by Crippen LogP contribution is 2.19. The zero-order valence-corrected chi connectivity index (χ0v) is 9.41. The van der Waals surface area contributed by atoms with Crippen LogP contribution in [0, 0.1) is 0 Å².